The van der Waals surface area contributed by atoms with Crippen LogP contribution in [0.3, 0.4) is 0 Å². The van der Waals surface area contributed by atoms with E-state index < -0.39 is 0 Å². The minimum atomic E-state index is -0.147. The molecule has 0 aliphatic carbocycles. The van der Waals surface area contributed by atoms with Crippen LogP contribution in [0.5, 0.6) is 0 Å². The molecule has 2 aromatic rings. The number of aromatic nitrogens is 2. The third-order valence-electron chi connectivity index (χ3n) is 2.16. The zero-order valence-electron chi connectivity index (χ0n) is 10.6. The SMILES string of the molecule is CCC.Cc1nc2ccc(CN)cc2[nH]c1=O. The second-order valence-electron chi connectivity index (χ2n) is 3.91. The molecule has 2 rings (SSSR count). The first-order chi connectivity index (χ1) is 8.12. The van der Waals surface area contributed by atoms with Crippen LogP contribution in [0.1, 0.15) is 31.5 Å². The van der Waals surface area contributed by atoms with Crippen LogP contribution in [0.4, 0.5) is 0 Å². The Morgan fingerprint density at radius 2 is 2.00 bits per heavy atom. The van der Waals surface area contributed by atoms with Crippen LogP contribution < -0.4 is 11.3 Å². The molecule has 3 N–H and O–H groups in total. The zero-order chi connectivity index (χ0) is 12.8. The number of fused-ring (bicyclic) bond motifs is 1. The van der Waals surface area contributed by atoms with Crippen LogP contribution in [0, 0.1) is 6.92 Å². The summed E-state index contributed by atoms with van der Waals surface area (Å²) in [4.78, 5) is 18.2. The van der Waals surface area contributed by atoms with Gasteiger partial charge in [0.05, 0.1) is 11.0 Å². The van der Waals surface area contributed by atoms with Gasteiger partial charge in [-0.15, -0.1) is 0 Å². The number of hydrogen-bond acceptors (Lipinski definition) is 3. The normalized spacial score (nSPS) is 9.88. The number of benzene rings is 1. The van der Waals surface area contributed by atoms with E-state index in [1.807, 2.05) is 18.2 Å². The molecule has 4 heteroatoms. The Balaban J connectivity index is 0.000000437. The Kier molecular flexibility index (Phi) is 4.84. The molecule has 0 fully saturated rings. The highest BCUT2D eigenvalue weighted by molar-refractivity contribution is 5.74. The highest BCUT2D eigenvalue weighted by atomic mass is 16.1. The molecule has 0 atom stereocenters. The Morgan fingerprint density at radius 3 is 2.59 bits per heavy atom. The molecule has 1 heterocycles. The first kappa shape index (κ1) is 13.4. The van der Waals surface area contributed by atoms with E-state index in [2.05, 4.69) is 23.8 Å². The molecule has 17 heavy (non-hydrogen) atoms. The maximum atomic E-state index is 11.3. The van der Waals surface area contributed by atoms with Crippen LogP contribution in [0.2, 0.25) is 0 Å². The summed E-state index contributed by atoms with van der Waals surface area (Å²) in [5.41, 5.74) is 8.35. The number of rotatable bonds is 1. The quantitative estimate of drug-likeness (QED) is 0.792. The summed E-state index contributed by atoms with van der Waals surface area (Å²) in [6.45, 7) is 6.40. The molecule has 0 bridgehead atoms. The molecule has 1 aromatic heterocycles. The largest absolute Gasteiger partial charge is 0.326 e. The number of nitrogens with two attached hydrogens (primary N) is 1. The topological polar surface area (TPSA) is 71.8 Å². The van der Waals surface area contributed by atoms with Gasteiger partial charge in [-0.3, -0.25) is 4.79 Å². The van der Waals surface area contributed by atoms with Crippen LogP contribution in [0.15, 0.2) is 23.0 Å². The van der Waals surface area contributed by atoms with Crippen molar-refractivity contribution in [2.24, 2.45) is 5.73 Å². The lowest BCUT2D eigenvalue weighted by atomic mass is 10.2. The van der Waals surface area contributed by atoms with E-state index >= 15 is 0 Å². The average molecular weight is 233 g/mol. The van der Waals surface area contributed by atoms with Crippen molar-refractivity contribution >= 4 is 11.0 Å². The van der Waals surface area contributed by atoms with Crippen molar-refractivity contribution in [3.05, 3.63) is 39.8 Å². The molecule has 0 unspecified atom stereocenters. The van der Waals surface area contributed by atoms with Gasteiger partial charge in [0.1, 0.15) is 5.69 Å². The molecule has 92 valence electrons. The van der Waals surface area contributed by atoms with E-state index in [1.54, 1.807) is 6.92 Å². The van der Waals surface area contributed by atoms with E-state index in [-0.39, 0.29) is 5.56 Å². The van der Waals surface area contributed by atoms with Gasteiger partial charge in [-0.1, -0.05) is 26.3 Å². The number of nitrogens with zero attached hydrogens (tertiary/aromatic N) is 1. The maximum absolute atomic E-state index is 11.3. The van der Waals surface area contributed by atoms with Gasteiger partial charge in [0, 0.05) is 6.54 Å². The van der Waals surface area contributed by atoms with Crippen LogP contribution in [0.25, 0.3) is 11.0 Å². The van der Waals surface area contributed by atoms with Crippen LogP contribution >= 0.6 is 0 Å². The molecule has 0 saturated heterocycles. The molecular formula is C13H19N3O. The van der Waals surface area contributed by atoms with Gasteiger partial charge in [0.25, 0.3) is 5.56 Å². The molecule has 0 radical (unpaired) electrons. The van der Waals surface area contributed by atoms with Crippen molar-refractivity contribution < 1.29 is 0 Å². The first-order valence-electron chi connectivity index (χ1n) is 5.82. The van der Waals surface area contributed by atoms with Gasteiger partial charge in [-0.05, 0) is 24.6 Å². The third kappa shape index (κ3) is 3.39. The lowest BCUT2D eigenvalue weighted by Gasteiger charge is -2.00. The van der Waals surface area contributed by atoms with E-state index in [9.17, 15) is 4.79 Å². The molecule has 0 aliphatic heterocycles. The lowest BCUT2D eigenvalue weighted by Crippen LogP contribution is -2.11. The van der Waals surface area contributed by atoms with Gasteiger partial charge in [-0.2, -0.15) is 0 Å². The summed E-state index contributed by atoms with van der Waals surface area (Å²) in [6.07, 6.45) is 1.25. The number of H-pyrrole nitrogens is 1. The number of aromatic amines is 1. The molecule has 0 saturated carbocycles. The van der Waals surface area contributed by atoms with Crippen molar-refractivity contribution in [3.8, 4) is 0 Å². The van der Waals surface area contributed by atoms with Gasteiger partial charge in [-0.25, -0.2) is 4.98 Å². The summed E-state index contributed by atoms with van der Waals surface area (Å²) in [5, 5.41) is 0. The van der Waals surface area contributed by atoms with E-state index in [0.29, 0.717) is 12.2 Å². The molecule has 0 spiro atoms. The fourth-order valence-corrected chi connectivity index (χ4v) is 1.35. The fraction of sp³-hybridized carbons (Fsp3) is 0.385. The Labute approximate surface area is 101 Å². The highest BCUT2D eigenvalue weighted by Crippen LogP contribution is 2.09. The van der Waals surface area contributed by atoms with Gasteiger partial charge >= 0.3 is 0 Å². The Morgan fingerprint density at radius 1 is 1.35 bits per heavy atom. The summed E-state index contributed by atoms with van der Waals surface area (Å²) < 4.78 is 0. The second-order valence-corrected chi connectivity index (χ2v) is 3.91. The van der Waals surface area contributed by atoms with Crippen molar-refractivity contribution in [2.45, 2.75) is 33.7 Å². The van der Waals surface area contributed by atoms with Crippen molar-refractivity contribution in [2.75, 3.05) is 0 Å². The monoisotopic (exact) mass is 233 g/mol. The average Bonchev–Trinajstić information content (AvgIpc) is 2.31. The molecule has 1 aromatic carbocycles. The Hall–Kier alpha value is -1.68. The number of aryl methyl sites for hydroxylation is 1. The lowest BCUT2D eigenvalue weighted by molar-refractivity contribution is 1.06. The third-order valence-corrected chi connectivity index (χ3v) is 2.16. The molecule has 4 nitrogen and oxygen atoms in total. The van der Waals surface area contributed by atoms with Gasteiger partial charge < -0.3 is 10.7 Å². The van der Waals surface area contributed by atoms with Gasteiger partial charge in [0.15, 0.2) is 0 Å². The van der Waals surface area contributed by atoms with Crippen molar-refractivity contribution in [3.63, 3.8) is 0 Å². The summed E-state index contributed by atoms with van der Waals surface area (Å²) in [7, 11) is 0. The van der Waals surface area contributed by atoms with Crippen LogP contribution in [-0.2, 0) is 6.54 Å². The minimum absolute atomic E-state index is 0.147. The van der Waals surface area contributed by atoms with Crippen LogP contribution in [-0.4, -0.2) is 9.97 Å². The van der Waals surface area contributed by atoms with E-state index in [4.69, 9.17) is 5.73 Å². The standard InChI is InChI=1S/C10H11N3O.C3H8/c1-6-10(14)13-9-4-7(5-11)2-3-8(9)12-6;1-3-2/h2-4H,5,11H2,1H3,(H,13,14);3H2,1-2H3. The fourth-order valence-electron chi connectivity index (χ4n) is 1.35. The van der Waals surface area contributed by atoms with E-state index in [1.165, 1.54) is 6.42 Å². The summed E-state index contributed by atoms with van der Waals surface area (Å²) in [6, 6.07) is 5.62. The molecule has 0 amide bonds. The highest BCUT2D eigenvalue weighted by Gasteiger charge is 2.00. The predicted molar refractivity (Wildman–Crippen MR) is 71.0 cm³/mol. The van der Waals surface area contributed by atoms with E-state index in [0.717, 1.165) is 16.6 Å². The van der Waals surface area contributed by atoms with Crippen molar-refractivity contribution in [1.29, 1.82) is 0 Å². The molecule has 0 aliphatic rings. The first-order valence-corrected chi connectivity index (χ1v) is 5.82. The Bertz CT molecular complexity index is 546. The number of nitrogens with one attached hydrogen (secondary N) is 1. The summed E-state index contributed by atoms with van der Waals surface area (Å²) in [5.74, 6) is 0. The maximum Gasteiger partial charge on any atom is 0.269 e. The summed E-state index contributed by atoms with van der Waals surface area (Å²) >= 11 is 0. The minimum Gasteiger partial charge on any atom is -0.326 e. The zero-order valence-corrected chi connectivity index (χ0v) is 10.6. The smallest absolute Gasteiger partial charge is 0.269 e. The molecular weight excluding hydrogens is 214 g/mol. The second kappa shape index (κ2) is 6.15. The number of hydrogen-bond donors (Lipinski definition) is 2. The van der Waals surface area contributed by atoms with Gasteiger partial charge in [0.2, 0.25) is 0 Å². The van der Waals surface area contributed by atoms with Crippen molar-refractivity contribution in [1.82, 2.24) is 9.97 Å². The predicted octanol–water partition coefficient (Wildman–Crippen LogP) is 2.11.